The van der Waals surface area contributed by atoms with Gasteiger partial charge in [-0.05, 0) is 49.5 Å². The van der Waals surface area contributed by atoms with Gasteiger partial charge in [0.1, 0.15) is 5.60 Å². The number of carbonyl (C=O) groups is 1. The van der Waals surface area contributed by atoms with Gasteiger partial charge in [-0.3, -0.25) is 4.68 Å². The summed E-state index contributed by atoms with van der Waals surface area (Å²) in [4.78, 5) is 13.6. The van der Waals surface area contributed by atoms with Crippen LogP contribution in [0.4, 0.5) is 4.79 Å². The Bertz CT molecular complexity index is 502. The Labute approximate surface area is 134 Å². The molecule has 6 heteroatoms. The van der Waals surface area contributed by atoms with Crippen LogP contribution in [0.15, 0.2) is 10.7 Å². The van der Waals surface area contributed by atoms with E-state index in [1.165, 1.54) is 0 Å². The van der Waals surface area contributed by atoms with Gasteiger partial charge < -0.3 is 9.64 Å². The molecule has 1 aromatic rings. The molecular formula is C15H24BrN3O2. The van der Waals surface area contributed by atoms with Crippen LogP contribution in [0, 0.1) is 0 Å². The standard InChI is InChI=1S/C15H24BrN3O2/c1-5-6-7-13-12(16)10-19(17-13)11-8-18(9-11)14(20)21-15(2,3)4/h10-11H,5-9H2,1-4H3. The van der Waals surface area contributed by atoms with Crippen LogP contribution in [0.1, 0.15) is 52.3 Å². The van der Waals surface area contributed by atoms with Gasteiger partial charge in [0.2, 0.25) is 0 Å². The Morgan fingerprint density at radius 2 is 2.14 bits per heavy atom. The van der Waals surface area contributed by atoms with Crippen molar-refractivity contribution in [1.29, 1.82) is 0 Å². The highest BCUT2D eigenvalue weighted by Crippen LogP contribution is 2.26. The summed E-state index contributed by atoms with van der Waals surface area (Å²) in [5.41, 5.74) is 0.664. The van der Waals surface area contributed by atoms with Crippen molar-refractivity contribution < 1.29 is 9.53 Å². The van der Waals surface area contributed by atoms with E-state index in [0.717, 1.165) is 29.4 Å². The smallest absolute Gasteiger partial charge is 0.410 e. The molecule has 0 bridgehead atoms. The number of aryl methyl sites for hydroxylation is 1. The van der Waals surface area contributed by atoms with Crippen LogP contribution in [-0.2, 0) is 11.2 Å². The van der Waals surface area contributed by atoms with Gasteiger partial charge in [-0.15, -0.1) is 0 Å². The summed E-state index contributed by atoms with van der Waals surface area (Å²) in [6.45, 7) is 9.15. The highest BCUT2D eigenvalue weighted by atomic mass is 79.9. The first-order chi connectivity index (χ1) is 9.80. The maximum absolute atomic E-state index is 11.9. The van der Waals surface area contributed by atoms with Crippen LogP contribution in [0.3, 0.4) is 0 Å². The number of hydrogen-bond acceptors (Lipinski definition) is 3. The number of unbranched alkanes of at least 4 members (excludes halogenated alkanes) is 1. The van der Waals surface area contributed by atoms with Gasteiger partial charge in [0.15, 0.2) is 0 Å². The Morgan fingerprint density at radius 3 is 2.71 bits per heavy atom. The first-order valence-electron chi connectivity index (χ1n) is 7.51. The number of aromatic nitrogens is 2. The zero-order valence-electron chi connectivity index (χ0n) is 13.2. The second-order valence-corrected chi connectivity index (χ2v) is 7.40. The summed E-state index contributed by atoms with van der Waals surface area (Å²) >= 11 is 3.56. The van der Waals surface area contributed by atoms with E-state index in [1.807, 2.05) is 31.6 Å². The molecule has 21 heavy (non-hydrogen) atoms. The first-order valence-corrected chi connectivity index (χ1v) is 8.31. The van der Waals surface area contributed by atoms with Crippen LogP contribution in [0.25, 0.3) is 0 Å². The van der Waals surface area contributed by atoms with Crippen molar-refractivity contribution in [2.45, 2.75) is 58.6 Å². The second kappa shape index (κ2) is 6.38. The zero-order chi connectivity index (χ0) is 15.6. The number of hydrogen-bond donors (Lipinski definition) is 0. The molecular weight excluding hydrogens is 334 g/mol. The van der Waals surface area contributed by atoms with E-state index in [9.17, 15) is 4.79 Å². The molecule has 2 rings (SSSR count). The van der Waals surface area contributed by atoms with Crippen molar-refractivity contribution in [3.63, 3.8) is 0 Å². The van der Waals surface area contributed by atoms with Gasteiger partial charge >= 0.3 is 6.09 Å². The minimum absolute atomic E-state index is 0.240. The molecule has 1 fully saturated rings. The zero-order valence-corrected chi connectivity index (χ0v) is 14.8. The lowest BCUT2D eigenvalue weighted by molar-refractivity contribution is -0.000431. The number of rotatable bonds is 4. The number of carbonyl (C=O) groups excluding carboxylic acids is 1. The summed E-state index contributed by atoms with van der Waals surface area (Å²) in [6, 6.07) is 0.254. The molecule has 2 heterocycles. The molecule has 1 aliphatic heterocycles. The average molecular weight is 358 g/mol. The van der Waals surface area contributed by atoms with Gasteiger partial charge in [0.25, 0.3) is 0 Å². The summed E-state index contributed by atoms with van der Waals surface area (Å²) in [5.74, 6) is 0. The number of likely N-dealkylation sites (tertiary alicyclic amines) is 1. The van der Waals surface area contributed by atoms with E-state index < -0.39 is 5.60 Å². The lowest BCUT2D eigenvalue weighted by Crippen LogP contribution is -2.52. The number of nitrogens with zero attached hydrogens (tertiary/aromatic N) is 3. The lowest BCUT2D eigenvalue weighted by atomic mass is 10.1. The van der Waals surface area contributed by atoms with Crippen LogP contribution in [0.5, 0.6) is 0 Å². The van der Waals surface area contributed by atoms with E-state index in [1.54, 1.807) is 4.90 Å². The number of amides is 1. The molecule has 0 aromatic carbocycles. The van der Waals surface area contributed by atoms with E-state index in [4.69, 9.17) is 4.74 Å². The highest BCUT2D eigenvalue weighted by molar-refractivity contribution is 9.10. The summed E-state index contributed by atoms with van der Waals surface area (Å²) < 4.78 is 8.39. The third-order valence-electron chi connectivity index (χ3n) is 3.41. The van der Waals surface area contributed by atoms with Crippen molar-refractivity contribution in [3.05, 3.63) is 16.4 Å². The minimum Gasteiger partial charge on any atom is -0.444 e. The molecule has 0 saturated carbocycles. The van der Waals surface area contributed by atoms with E-state index in [0.29, 0.717) is 13.1 Å². The SMILES string of the molecule is CCCCc1nn(C2CN(C(=O)OC(C)(C)C)C2)cc1Br. The molecule has 1 aliphatic rings. The normalized spacial score (nSPS) is 16.0. The maximum Gasteiger partial charge on any atom is 0.410 e. The Hall–Kier alpha value is -1.04. The van der Waals surface area contributed by atoms with E-state index >= 15 is 0 Å². The molecule has 0 unspecified atom stereocenters. The van der Waals surface area contributed by atoms with E-state index in [2.05, 4.69) is 28.0 Å². The first kappa shape index (κ1) is 16.3. The van der Waals surface area contributed by atoms with Crippen molar-refractivity contribution >= 4 is 22.0 Å². The number of halogens is 1. The fourth-order valence-electron chi connectivity index (χ4n) is 2.21. The molecule has 0 N–H and O–H groups in total. The fraction of sp³-hybridized carbons (Fsp3) is 0.733. The molecule has 0 spiro atoms. The molecule has 5 nitrogen and oxygen atoms in total. The van der Waals surface area contributed by atoms with Crippen molar-refractivity contribution in [1.82, 2.24) is 14.7 Å². The summed E-state index contributed by atoms with van der Waals surface area (Å²) in [6.07, 6.45) is 5.07. The topological polar surface area (TPSA) is 47.4 Å². The van der Waals surface area contributed by atoms with Gasteiger partial charge in [0, 0.05) is 19.3 Å². The lowest BCUT2D eigenvalue weighted by Gasteiger charge is -2.39. The quantitative estimate of drug-likeness (QED) is 0.823. The third-order valence-corrected chi connectivity index (χ3v) is 4.08. The predicted molar refractivity (Wildman–Crippen MR) is 85.4 cm³/mol. The Morgan fingerprint density at radius 1 is 1.48 bits per heavy atom. The molecule has 1 aromatic heterocycles. The van der Waals surface area contributed by atoms with E-state index in [-0.39, 0.29) is 12.1 Å². The molecule has 118 valence electrons. The van der Waals surface area contributed by atoms with Crippen molar-refractivity contribution in [3.8, 4) is 0 Å². The summed E-state index contributed by atoms with van der Waals surface area (Å²) in [5, 5.41) is 4.63. The van der Waals surface area contributed by atoms with Crippen LogP contribution in [-0.4, -0.2) is 39.5 Å². The molecule has 1 amide bonds. The van der Waals surface area contributed by atoms with Crippen molar-refractivity contribution in [2.24, 2.45) is 0 Å². The van der Waals surface area contributed by atoms with Crippen molar-refractivity contribution in [2.75, 3.05) is 13.1 Å². The Balaban J connectivity index is 1.88. The largest absolute Gasteiger partial charge is 0.444 e. The second-order valence-electron chi connectivity index (χ2n) is 6.55. The third kappa shape index (κ3) is 4.22. The van der Waals surface area contributed by atoms with Gasteiger partial charge in [-0.25, -0.2) is 4.79 Å². The average Bonchev–Trinajstić information content (AvgIpc) is 2.63. The summed E-state index contributed by atoms with van der Waals surface area (Å²) in [7, 11) is 0. The maximum atomic E-state index is 11.9. The van der Waals surface area contributed by atoms with Gasteiger partial charge in [0.05, 0.1) is 16.2 Å². The predicted octanol–water partition coefficient (Wildman–Crippen LogP) is 3.78. The molecule has 0 radical (unpaired) electrons. The molecule has 0 aliphatic carbocycles. The van der Waals surface area contributed by atoms with Crippen LogP contribution in [0.2, 0.25) is 0 Å². The minimum atomic E-state index is -0.440. The van der Waals surface area contributed by atoms with Crippen LogP contribution < -0.4 is 0 Å². The van der Waals surface area contributed by atoms with Gasteiger partial charge in [-0.1, -0.05) is 13.3 Å². The molecule has 0 atom stereocenters. The monoisotopic (exact) mass is 357 g/mol. The molecule has 1 saturated heterocycles. The number of ether oxygens (including phenoxy) is 1. The Kier molecular flexibility index (Phi) is 4.96. The van der Waals surface area contributed by atoms with Gasteiger partial charge in [-0.2, -0.15) is 5.10 Å². The highest BCUT2D eigenvalue weighted by Gasteiger charge is 2.35. The fourth-order valence-corrected chi connectivity index (χ4v) is 2.69. The van der Waals surface area contributed by atoms with Crippen LogP contribution >= 0.6 is 15.9 Å².